The van der Waals surface area contributed by atoms with Crippen LogP contribution in [0.2, 0.25) is 10.0 Å². The molecule has 1 heterocycles. The highest BCUT2D eigenvalue weighted by Crippen LogP contribution is 2.24. The largest absolute Gasteiger partial charge is 0.431 e. The number of thioether (sulfide) groups is 1. The lowest BCUT2D eigenvalue weighted by Gasteiger charge is -2.00. The minimum atomic E-state index is -0.281. The summed E-state index contributed by atoms with van der Waals surface area (Å²) >= 11 is 13.1. The number of hydrogen-bond donors (Lipinski definition) is 1. The number of aromatic nitrogens is 1. The van der Waals surface area contributed by atoms with Gasteiger partial charge in [-0.1, -0.05) is 59.2 Å². The monoisotopic (exact) mass is 379 g/mol. The van der Waals surface area contributed by atoms with Crippen LogP contribution in [-0.2, 0) is 4.79 Å². The molecule has 0 aliphatic carbocycles. The summed E-state index contributed by atoms with van der Waals surface area (Å²) in [6.07, 6.45) is 1.44. The molecule has 0 unspecified atom stereocenters. The molecule has 1 aromatic heterocycles. The molecular weight excluding hydrogens is 369 g/mol. The van der Waals surface area contributed by atoms with Crippen molar-refractivity contribution in [3.63, 3.8) is 0 Å². The van der Waals surface area contributed by atoms with Gasteiger partial charge in [0.1, 0.15) is 5.52 Å². The quantitative estimate of drug-likeness (QED) is 0.405. The van der Waals surface area contributed by atoms with Gasteiger partial charge in [-0.25, -0.2) is 10.4 Å². The van der Waals surface area contributed by atoms with Gasteiger partial charge in [-0.3, -0.25) is 4.79 Å². The van der Waals surface area contributed by atoms with Crippen molar-refractivity contribution in [3.8, 4) is 0 Å². The average Bonchev–Trinajstić information content (AvgIpc) is 3.00. The van der Waals surface area contributed by atoms with Crippen molar-refractivity contribution in [1.82, 2.24) is 10.4 Å². The number of nitrogens with one attached hydrogen (secondary N) is 1. The summed E-state index contributed by atoms with van der Waals surface area (Å²) < 4.78 is 5.52. The molecule has 3 aromatic rings. The molecule has 1 N–H and O–H groups in total. The number of hydrogen-bond acceptors (Lipinski definition) is 5. The molecule has 8 heteroatoms. The molecule has 0 saturated carbocycles. The van der Waals surface area contributed by atoms with Crippen molar-refractivity contribution in [2.45, 2.75) is 5.22 Å². The van der Waals surface area contributed by atoms with Crippen molar-refractivity contribution < 1.29 is 9.21 Å². The van der Waals surface area contributed by atoms with Crippen molar-refractivity contribution in [1.29, 1.82) is 0 Å². The maximum atomic E-state index is 11.8. The summed E-state index contributed by atoms with van der Waals surface area (Å²) in [5.41, 5.74) is 4.49. The van der Waals surface area contributed by atoms with Gasteiger partial charge in [0, 0.05) is 5.56 Å². The number of carbonyl (C=O) groups excluding carboxylic acids is 1. The first-order valence-electron chi connectivity index (χ1n) is 6.88. The molecule has 5 nitrogen and oxygen atoms in total. The fraction of sp³-hybridized carbons (Fsp3) is 0.0625. The summed E-state index contributed by atoms with van der Waals surface area (Å²) in [6, 6.07) is 12.6. The Kier molecular flexibility index (Phi) is 5.40. The maximum absolute atomic E-state index is 11.8. The van der Waals surface area contributed by atoms with Crippen LogP contribution >= 0.6 is 35.0 Å². The normalized spacial score (nSPS) is 11.2. The van der Waals surface area contributed by atoms with Crippen molar-refractivity contribution >= 4 is 58.2 Å². The van der Waals surface area contributed by atoms with E-state index in [4.69, 9.17) is 27.6 Å². The fourth-order valence-electron chi connectivity index (χ4n) is 1.87. The number of amides is 1. The predicted molar refractivity (Wildman–Crippen MR) is 96.9 cm³/mol. The lowest BCUT2D eigenvalue weighted by atomic mass is 10.2. The molecule has 0 bridgehead atoms. The number of rotatable bonds is 5. The fourth-order valence-corrected chi connectivity index (χ4v) is 2.85. The highest BCUT2D eigenvalue weighted by atomic mass is 35.5. The van der Waals surface area contributed by atoms with E-state index in [1.807, 2.05) is 24.3 Å². The van der Waals surface area contributed by atoms with E-state index in [0.29, 0.717) is 26.4 Å². The minimum absolute atomic E-state index is 0.132. The summed E-state index contributed by atoms with van der Waals surface area (Å²) in [6.45, 7) is 0. The van der Waals surface area contributed by atoms with Crippen LogP contribution < -0.4 is 5.43 Å². The third-order valence-corrected chi connectivity index (χ3v) is 4.64. The Morgan fingerprint density at radius 2 is 2.08 bits per heavy atom. The third-order valence-electron chi connectivity index (χ3n) is 2.98. The van der Waals surface area contributed by atoms with E-state index < -0.39 is 0 Å². The van der Waals surface area contributed by atoms with Crippen LogP contribution in [0.1, 0.15) is 5.56 Å². The van der Waals surface area contributed by atoms with Crippen molar-refractivity contribution in [2.24, 2.45) is 5.10 Å². The second-order valence-corrected chi connectivity index (χ2v) is 6.38. The molecule has 0 saturated heterocycles. The van der Waals surface area contributed by atoms with Crippen LogP contribution in [0.25, 0.3) is 11.1 Å². The highest BCUT2D eigenvalue weighted by Gasteiger charge is 2.08. The van der Waals surface area contributed by atoms with Gasteiger partial charge in [-0.2, -0.15) is 5.10 Å². The molecule has 3 rings (SSSR count). The van der Waals surface area contributed by atoms with Gasteiger partial charge in [0.2, 0.25) is 0 Å². The van der Waals surface area contributed by atoms with Crippen molar-refractivity contribution in [3.05, 3.63) is 58.1 Å². The van der Waals surface area contributed by atoms with Gasteiger partial charge >= 0.3 is 0 Å². The van der Waals surface area contributed by atoms with Gasteiger partial charge in [-0.05, 0) is 18.2 Å². The molecular formula is C16H11Cl2N3O2S. The summed E-state index contributed by atoms with van der Waals surface area (Å²) in [7, 11) is 0. The molecule has 0 aliphatic rings. The van der Waals surface area contributed by atoms with E-state index in [1.54, 1.807) is 18.2 Å². The lowest BCUT2D eigenvalue weighted by Crippen LogP contribution is -2.19. The number of para-hydroxylation sites is 2. The van der Waals surface area contributed by atoms with E-state index in [0.717, 1.165) is 5.52 Å². The Morgan fingerprint density at radius 1 is 1.25 bits per heavy atom. The predicted octanol–water partition coefficient (Wildman–Crippen LogP) is 4.38. The third kappa shape index (κ3) is 4.08. The molecule has 0 spiro atoms. The number of oxazole rings is 1. The molecule has 0 atom stereocenters. The molecule has 24 heavy (non-hydrogen) atoms. The van der Waals surface area contributed by atoms with Gasteiger partial charge < -0.3 is 4.42 Å². The van der Waals surface area contributed by atoms with Gasteiger partial charge in [0.15, 0.2) is 5.58 Å². The number of nitrogens with zero attached hydrogens (tertiary/aromatic N) is 2. The summed E-state index contributed by atoms with van der Waals surface area (Å²) in [5.74, 6) is -0.148. The number of benzene rings is 2. The summed E-state index contributed by atoms with van der Waals surface area (Å²) in [5, 5.41) is 5.12. The Balaban J connectivity index is 1.54. The molecule has 1 amide bonds. The Labute approximate surface area is 152 Å². The molecule has 2 aromatic carbocycles. The smallest absolute Gasteiger partial charge is 0.257 e. The van der Waals surface area contributed by atoms with Crippen LogP contribution in [0.5, 0.6) is 0 Å². The molecule has 0 fully saturated rings. The average molecular weight is 380 g/mol. The summed E-state index contributed by atoms with van der Waals surface area (Å²) in [4.78, 5) is 16.1. The number of fused-ring (bicyclic) bond motifs is 1. The lowest BCUT2D eigenvalue weighted by molar-refractivity contribution is -0.118. The number of hydrazone groups is 1. The first kappa shape index (κ1) is 16.8. The van der Waals surface area contributed by atoms with Crippen LogP contribution in [0.3, 0.4) is 0 Å². The topological polar surface area (TPSA) is 67.5 Å². The Hall–Kier alpha value is -2.02. The SMILES string of the molecule is O=C(CSc1nc2ccccc2o1)N/N=C/c1cccc(Cl)c1Cl. The van der Waals surface area contributed by atoms with E-state index in [-0.39, 0.29) is 11.7 Å². The standard InChI is InChI=1S/C16H11Cl2N3O2S/c17-11-5-3-4-10(15(11)18)8-19-21-14(22)9-24-16-20-12-6-1-2-7-13(12)23-16/h1-8H,9H2,(H,21,22)/b19-8+. The maximum Gasteiger partial charge on any atom is 0.257 e. The molecule has 122 valence electrons. The van der Waals surface area contributed by atoms with Crippen LogP contribution in [0.15, 0.2) is 57.2 Å². The van der Waals surface area contributed by atoms with Crippen LogP contribution in [0, 0.1) is 0 Å². The van der Waals surface area contributed by atoms with E-state index in [1.165, 1.54) is 18.0 Å². The van der Waals surface area contributed by atoms with Crippen molar-refractivity contribution in [2.75, 3.05) is 5.75 Å². The molecule has 0 aliphatic heterocycles. The van der Waals surface area contributed by atoms with E-state index in [2.05, 4.69) is 15.5 Å². The first-order chi connectivity index (χ1) is 11.6. The van der Waals surface area contributed by atoms with Gasteiger partial charge in [0.25, 0.3) is 11.1 Å². The van der Waals surface area contributed by atoms with Crippen LogP contribution in [0.4, 0.5) is 0 Å². The number of halogens is 2. The Morgan fingerprint density at radius 3 is 2.92 bits per heavy atom. The highest BCUT2D eigenvalue weighted by molar-refractivity contribution is 7.99. The first-order valence-corrected chi connectivity index (χ1v) is 8.62. The zero-order valence-electron chi connectivity index (χ0n) is 12.2. The molecule has 0 radical (unpaired) electrons. The van der Waals surface area contributed by atoms with Gasteiger partial charge in [-0.15, -0.1) is 0 Å². The zero-order valence-corrected chi connectivity index (χ0v) is 14.5. The van der Waals surface area contributed by atoms with E-state index >= 15 is 0 Å². The Bertz CT molecular complexity index is 878. The van der Waals surface area contributed by atoms with E-state index in [9.17, 15) is 4.79 Å². The minimum Gasteiger partial charge on any atom is -0.431 e. The van der Waals surface area contributed by atoms with Crippen LogP contribution in [-0.4, -0.2) is 22.9 Å². The zero-order chi connectivity index (χ0) is 16.9. The second-order valence-electron chi connectivity index (χ2n) is 4.67. The second kappa shape index (κ2) is 7.70. The number of carbonyl (C=O) groups is 1. The van der Waals surface area contributed by atoms with Gasteiger partial charge in [0.05, 0.1) is 22.0 Å².